The van der Waals surface area contributed by atoms with Gasteiger partial charge in [0.15, 0.2) is 0 Å². The van der Waals surface area contributed by atoms with Crippen LogP contribution < -0.4 is 0 Å². The molecule has 0 aliphatic carbocycles. The molecule has 0 heterocycles. The van der Waals surface area contributed by atoms with Gasteiger partial charge in [0.25, 0.3) is 0 Å². The molecular formula is C7H13S. The lowest BCUT2D eigenvalue weighted by atomic mass is 10.2. The molecule has 0 N–H and O–H groups in total. The molecule has 0 aliphatic rings. The van der Waals surface area contributed by atoms with Crippen molar-refractivity contribution in [2.24, 2.45) is 0 Å². The monoisotopic (exact) mass is 129 g/mol. The Morgan fingerprint density at radius 2 is 2.38 bits per heavy atom. The van der Waals surface area contributed by atoms with Crippen LogP contribution in [0, 0.1) is 6.92 Å². The van der Waals surface area contributed by atoms with E-state index in [1.807, 2.05) is 0 Å². The van der Waals surface area contributed by atoms with Crippen molar-refractivity contribution >= 4 is 11.8 Å². The quantitative estimate of drug-likeness (QED) is 0.526. The molecule has 0 saturated carbocycles. The molecule has 1 heteroatoms. The topological polar surface area (TPSA) is 0 Å². The van der Waals surface area contributed by atoms with Crippen molar-refractivity contribution in [1.29, 1.82) is 0 Å². The lowest BCUT2D eigenvalue weighted by Gasteiger charge is -1.85. The van der Waals surface area contributed by atoms with Crippen LogP contribution in [0.25, 0.3) is 0 Å². The van der Waals surface area contributed by atoms with E-state index in [1.54, 1.807) is 11.8 Å². The molecule has 0 bridgehead atoms. The van der Waals surface area contributed by atoms with Crippen molar-refractivity contribution in [2.75, 3.05) is 6.26 Å². The Morgan fingerprint density at radius 3 is 2.88 bits per heavy atom. The minimum Gasteiger partial charge on any atom is -0.138 e. The van der Waals surface area contributed by atoms with Gasteiger partial charge in [-0.1, -0.05) is 19.4 Å². The number of rotatable bonds is 4. The third-order valence-corrected chi connectivity index (χ3v) is 1.32. The molecule has 0 rings (SSSR count). The van der Waals surface area contributed by atoms with Crippen LogP contribution >= 0.6 is 11.8 Å². The van der Waals surface area contributed by atoms with Crippen molar-refractivity contribution in [1.82, 2.24) is 0 Å². The van der Waals surface area contributed by atoms with E-state index in [0.29, 0.717) is 0 Å². The highest BCUT2D eigenvalue weighted by Gasteiger charge is 1.74. The Morgan fingerprint density at radius 1 is 1.62 bits per heavy atom. The summed E-state index contributed by atoms with van der Waals surface area (Å²) in [5, 5.41) is 2.12. The van der Waals surface area contributed by atoms with Gasteiger partial charge in [-0.25, -0.2) is 0 Å². The Bertz CT molecular complexity index is 57.4. The molecule has 0 atom stereocenters. The Hall–Kier alpha value is 0.0900. The summed E-state index contributed by atoms with van der Waals surface area (Å²) in [7, 11) is 0. The van der Waals surface area contributed by atoms with Gasteiger partial charge in [-0.2, -0.15) is 0 Å². The molecule has 0 amide bonds. The average molecular weight is 129 g/mol. The van der Waals surface area contributed by atoms with Gasteiger partial charge in [0.1, 0.15) is 0 Å². The zero-order chi connectivity index (χ0) is 6.24. The van der Waals surface area contributed by atoms with Gasteiger partial charge in [0.05, 0.1) is 0 Å². The van der Waals surface area contributed by atoms with Crippen LogP contribution in [0.2, 0.25) is 0 Å². The fourth-order valence-electron chi connectivity index (χ4n) is 0.426. The predicted octanol–water partition coefficient (Wildman–Crippen LogP) is 2.87. The number of unbranched alkanes of at least 4 members (excludes halogenated alkanes) is 2. The second-order valence-corrected chi connectivity index (χ2v) is 2.35. The van der Waals surface area contributed by atoms with Gasteiger partial charge in [-0.3, -0.25) is 0 Å². The van der Waals surface area contributed by atoms with Gasteiger partial charge in [-0.05, 0) is 24.5 Å². The van der Waals surface area contributed by atoms with E-state index >= 15 is 0 Å². The molecule has 0 aromatic rings. The summed E-state index contributed by atoms with van der Waals surface area (Å²) in [6.45, 7) is 3.74. The van der Waals surface area contributed by atoms with Crippen LogP contribution in [0.4, 0.5) is 0 Å². The number of thioether (sulfide) groups is 1. The van der Waals surface area contributed by atoms with E-state index in [4.69, 9.17) is 0 Å². The first-order valence-corrected chi connectivity index (χ1v) is 4.17. The minimum atomic E-state index is 1.05. The largest absolute Gasteiger partial charge is 0.138 e. The van der Waals surface area contributed by atoms with Crippen LogP contribution in [-0.2, 0) is 0 Å². The van der Waals surface area contributed by atoms with Gasteiger partial charge in [0.2, 0.25) is 0 Å². The molecule has 47 valence electrons. The SMILES string of the molecule is [CH2]CCCC=CSC. The molecule has 1 radical (unpaired) electrons. The van der Waals surface area contributed by atoms with Gasteiger partial charge >= 0.3 is 0 Å². The second kappa shape index (κ2) is 7.09. The molecule has 0 nitrogen and oxygen atoms in total. The Labute approximate surface area is 56.4 Å². The van der Waals surface area contributed by atoms with Crippen LogP contribution in [-0.4, -0.2) is 6.26 Å². The van der Waals surface area contributed by atoms with E-state index in [2.05, 4.69) is 24.7 Å². The van der Waals surface area contributed by atoms with Gasteiger partial charge < -0.3 is 0 Å². The van der Waals surface area contributed by atoms with Crippen LogP contribution in [0.15, 0.2) is 11.5 Å². The second-order valence-electron chi connectivity index (χ2n) is 1.60. The lowest BCUT2D eigenvalue weighted by Crippen LogP contribution is -1.64. The Kier molecular flexibility index (Phi) is 7.17. The minimum absolute atomic E-state index is 1.05. The zero-order valence-electron chi connectivity index (χ0n) is 5.39. The summed E-state index contributed by atoms with van der Waals surface area (Å²) in [6.07, 6.45) is 7.72. The normalized spacial score (nSPS) is 10.8. The average Bonchev–Trinajstić information content (AvgIpc) is 1.81. The summed E-state index contributed by atoms with van der Waals surface area (Å²) >= 11 is 1.75. The summed E-state index contributed by atoms with van der Waals surface area (Å²) in [5.41, 5.74) is 0. The van der Waals surface area contributed by atoms with E-state index < -0.39 is 0 Å². The van der Waals surface area contributed by atoms with E-state index in [0.717, 1.165) is 6.42 Å². The molecular weight excluding hydrogens is 116 g/mol. The first kappa shape index (κ1) is 8.09. The van der Waals surface area contributed by atoms with Crippen molar-refractivity contribution < 1.29 is 0 Å². The van der Waals surface area contributed by atoms with Crippen LogP contribution in [0.1, 0.15) is 19.3 Å². The van der Waals surface area contributed by atoms with Crippen molar-refractivity contribution in [3.8, 4) is 0 Å². The fraction of sp³-hybridized carbons (Fsp3) is 0.571. The molecule has 0 spiro atoms. The number of hydrogen-bond acceptors (Lipinski definition) is 1. The predicted molar refractivity (Wildman–Crippen MR) is 41.9 cm³/mol. The van der Waals surface area contributed by atoms with E-state index in [1.165, 1.54) is 12.8 Å². The first-order valence-electron chi connectivity index (χ1n) is 2.89. The third-order valence-electron chi connectivity index (χ3n) is 0.853. The van der Waals surface area contributed by atoms with E-state index in [-0.39, 0.29) is 0 Å². The fourth-order valence-corrected chi connectivity index (χ4v) is 0.755. The maximum Gasteiger partial charge on any atom is -0.0142 e. The number of hydrogen-bond donors (Lipinski definition) is 0. The highest BCUT2D eigenvalue weighted by molar-refractivity contribution is 8.01. The summed E-state index contributed by atoms with van der Waals surface area (Å²) in [6, 6.07) is 0. The molecule has 8 heavy (non-hydrogen) atoms. The van der Waals surface area contributed by atoms with Crippen LogP contribution in [0.3, 0.4) is 0 Å². The molecule has 0 saturated heterocycles. The standard InChI is InChI=1S/C7H13S/c1-3-4-5-6-7-8-2/h6-7H,1,3-5H2,2H3. The third kappa shape index (κ3) is 6.09. The zero-order valence-corrected chi connectivity index (χ0v) is 6.21. The summed E-state index contributed by atoms with van der Waals surface area (Å²) < 4.78 is 0. The highest BCUT2D eigenvalue weighted by Crippen LogP contribution is 1.99. The van der Waals surface area contributed by atoms with Crippen molar-refractivity contribution in [3.05, 3.63) is 18.4 Å². The Balaban J connectivity index is 2.80. The maximum absolute atomic E-state index is 3.74. The van der Waals surface area contributed by atoms with Gasteiger partial charge in [-0.15, -0.1) is 11.8 Å². The maximum atomic E-state index is 3.74. The lowest BCUT2D eigenvalue weighted by molar-refractivity contribution is 0.867. The molecule has 0 aromatic heterocycles. The van der Waals surface area contributed by atoms with Crippen LogP contribution in [0.5, 0.6) is 0 Å². The highest BCUT2D eigenvalue weighted by atomic mass is 32.2. The molecule has 0 aromatic carbocycles. The molecule has 0 unspecified atom stereocenters. The van der Waals surface area contributed by atoms with E-state index in [9.17, 15) is 0 Å². The molecule has 0 fully saturated rings. The first-order chi connectivity index (χ1) is 3.91. The van der Waals surface area contributed by atoms with Crippen molar-refractivity contribution in [3.63, 3.8) is 0 Å². The van der Waals surface area contributed by atoms with Gasteiger partial charge in [0, 0.05) is 0 Å². The smallest absolute Gasteiger partial charge is 0.0142 e. The number of allylic oxidation sites excluding steroid dienone is 1. The molecule has 0 aliphatic heterocycles. The summed E-state index contributed by atoms with van der Waals surface area (Å²) in [5.74, 6) is 0. The van der Waals surface area contributed by atoms with Crippen molar-refractivity contribution in [2.45, 2.75) is 19.3 Å². The summed E-state index contributed by atoms with van der Waals surface area (Å²) in [4.78, 5) is 0.